The highest BCUT2D eigenvalue weighted by Crippen LogP contribution is 2.30. The van der Waals surface area contributed by atoms with Gasteiger partial charge in [-0.15, -0.1) is 0 Å². The van der Waals surface area contributed by atoms with E-state index in [9.17, 15) is 9.59 Å². The van der Waals surface area contributed by atoms with Gasteiger partial charge in [0.05, 0.1) is 17.8 Å². The summed E-state index contributed by atoms with van der Waals surface area (Å²) < 4.78 is 0. The Morgan fingerprint density at radius 2 is 1.94 bits per heavy atom. The summed E-state index contributed by atoms with van der Waals surface area (Å²) in [7, 11) is 1.84. The molecular weight excluding hydrogens is 404 g/mol. The van der Waals surface area contributed by atoms with Gasteiger partial charge < -0.3 is 15.3 Å². The molecule has 1 amide bonds. The van der Waals surface area contributed by atoms with Crippen molar-refractivity contribution >= 4 is 11.9 Å². The summed E-state index contributed by atoms with van der Waals surface area (Å²) in [5, 5.41) is 12.1. The van der Waals surface area contributed by atoms with Crippen LogP contribution in [-0.4, -0.2) is 71.0 Å². The topological polar surface area (TPSA) is 85.8 Å². The minimum atomic E-state index is -0.980. The van der Waals surface area contributed by atoms with Gasteiger partial charge in [-0.2, -0.15) is 0 Å². The van der Waals surface area contributed by atoms with Crippen molar-refractivity contribution in [3.05, 3.63) is 53.9 Å². The van der Waals surface area contributed by atoms with Gasteiger partial charge in [0.1, 0.15) is 0 Å². The molecule has 1 aromatic heterocycles. The molecule has 0 radical (unpaired) electrons. The molecule has 2 unspecified atom stereocenters. The smallest absolute Gasteiger partial charge is 0.335 e. The second-order valence-electron chi connectivity index (χ2n) is 8.99. The molecule has 0 aromatic carbocycles. The van der Waals surface area contributed by atoms with Crippen molar-refractivity contribution in [2.24, 2.45) is 11.8 Å². The Morgan fingerprint density at radius 3 is 2.66 bits per heavy atom. The number of aromatic carboxylic acids is 1. The summed E-state index contributed by atoms with van der Waals surface area (Å²) in [6, 6.07) is 3.73. The molecule has 1 fully saturated rings. The number of pyridine rings is 1. The highest BCUT2D eigenvalue weighted by atomic mass is 16.4. The Kier molecular flexibility index (Phi) is 9.00. The number of carboxylic acids is 1. The lowest BCUT2D eigenvalue weighted by Gasteiger charge is -2.29. The van der Waals surface area contributed by atoms with Gasteiger partial charge in [0.2, 0.25) is 5.91 Å². The Bertz CT molecular complexity index is 834. The Morgan fingerprint density at radius 1 is 1.19 bits per heavy atom. The molecule has 7 nitrogen and oxygen atoms in total. The number of rotatable bonds is 13. The summed E-state index contributed by atoms with van der Waals surface area (Å²) in [4.78, 5) is 32.0. The lowest BCUT2D eigenvalue weighted by Crippen LogP contribution is -2.37. The number of allylic oxidation sites excluding steroid dienone is 3. The number of nitrogens with one attached hydrogen (secondary N) is 1. The molecule has 0 bridgehead atoms. The van der Waals surface area contributed by atoms with Crippen LogP contribution in [0.3, 0.4) is 0 Å². The highest BCUT2D eigenvalue weighted by Gasteiger charge is 2.30. The summed E-state index contributed by atoms with van der Waals surface area (Å²) in [5.74, 6) is 0.249. The van der Waals surface area contributed by atoms with Crippen LogP contribution in [0.1, 0.15) is 48.7 Å². The average Bonchev–Trinajstić information content (AvgIpc) is 3.62. The predicted octanol–water partition coefficient (Wildman–Crippen LogP) is 2.95. The van der Waals surface area contributed by atoms with Crippen LogP contribution in [-0.2, 0) is 11.3 Å². The molecular formula is C25H36N4O3. The van der Waals surface area contributed by atoms with E-state index in [-0.39, 0.29) is 18.0 Å². The summed E-state index contributed by atoms with van der Waals surface area (Å²) in [6.45, 7) is 5.83. The van der Waals surface area contributed by atoms with Crippen LogP contribution < -0.4 is 5.32 Å². The molecule has 2 aliphatic rings. The molecule has 2 N–H and O–H groups in total. The first-order valence-corrected chi connectivity index (χ1v) is 11.7. The predicted molar refractivity (Wildman–Crippen MR) is 125 cm³/mol. The van der Waals surface area contributed by atoms with Gasteiger partial charge in [-0.25, -0.2) is 4.79 Å². The van der Waals surface area contributed by atoms with E-state index in [1.165, 1.54) is 31.2 Å². The van der Waals surface area contributed by atoms with E-state index in [2.05, 4.69) is 46.4 Å². The van der Waals surface area contributed by atoms with Crippen LogP contribution in [0.5, 0.6) is 0 Å². The van der Waals surface area contributed by atoms with Crippen molar-refractivity contribution < 1.29 is 14.7 Å². The van der Waals surface area contributed by atoms with E-state index < -0.39 is 5.97 Å². The molecule has 2 aliphatic carbocycles. The SMILES string of the molecule is CC1C=CC=CC1CN(CCCCN(C)C(=O)CNCc1cc(C(=O)O)ccn1)C1CC1. The Hall–Kier alpha value is -2.51. The quantitative estimate of drug-likeness (QED) is 0.459. The lowest BCUT2D eigenvalue weighted by atomic mass is 9.89. The second-order valence-corrected chi connectivity index (χ2v) is 8.99. The number of unbranched alkanes of at least 4 members (excludes halogenated alkanes) is 1. The number of carbonyl (C=O) groups excluding carboxylic acids is 1. The standard InChI is InChI=1S/C25H36N4O3/c1-19-7-3-4-8-21(19)18-29(23-9-10-23)14-6-5-13-28(2)24(30)17-26-16-22-15-20(25(31)32)11-12-27-22/h3-4,7-8,11-12,15,19,21,23,26H,5-6,9-10,13-14,16-18H2,1-2H3,(H,31,32). The van der Waals surface area contributed by atoms with Gasteiger partial charge in [-0.1, -0.05) is 31.2 Å². The van der Waals surface area contributed by atoms with Gasteiger partial charge in [-0.05, 0) is 56.2 Å². The fourth-order valence-electron chi connectivity index (χ4n) is 4.05. The van der Waals surface area contributed by atoms with E-state index in [1.807, 2.05) is 7.05 Å². The summed E-state index contributed by atoms with van der Waals surface area (Å²) in [6.07, 6.45) is 15.1. The van der Waals surface area contributed by atoms with Crippen molar-refractivity contribution in [3.63, 3.8) is 0 Å². The van der Waals surface area contributed by atoms with Crippen molar-refractivity contribution in [1.29, 1.82) is 0 Å². The number of carbonyl (C=O) groups is 2. The zero-order valence-corrected chi connectivity index (χ0v) is 19.2. The lowest BCUT2D eigenvalue weighted by molar-refractivity contribution is -0.129. The van der Waals surface area contributed by atoms with E-state index in [1.54, 1.807) is 4.90 Å². The fraction of sp³-hybridized carbons (Fsp3) is 0.560. The van der Waals surface area contributed by atoms with Gasteiger partial charge in [-0.3, -0.25) is 14.7 Å². The van der Waals surface area contributed by atoms with Crippen LogP contribution in [0.4, 0.5) is 0 Å². The molecule has 0 spiro atoms. The Labute approximate surface area is 191 Å². The zero-order chi connectivity index (χ0) is 22.9. The number of nitrogens with zero attached hydrogens (tertiary/aromatic N) is 3. The van der Waals surface area contributed by atoms with Gasteiger partial charge >= 0.3 is 5.97 Å². The maximum Gasteiger partial charge on any atom is 0.335 e. The van der Waals surface area contributed by atoms with Crippen molar-refractivity contribution in [2.45, 2.75) is 45.2 Å². The number of likely N-dealkylation sites (N-methyl/N-ethyl adjacent to an activating group) is 1. The largest absolute Gasteiger partial charge is 0.478 e. The number of amides is 1. The first kappa shape index (κ1) is 24.1. The maximum absolute atomic E-state index is 12.4. The third kappa shape index (κ3) is 7.57. The van der Waals surface area contributed by atoms with Crippen LogP contribution in [0.2, 0.25) is 0 Å². The van der Waals surface area contributed by atoms with Crippen molar-refractivity contribution in [3.8, 4) is 0 Å². The van der Waals surface area contributed by atoms with Gasteiger partial charge in [0.15, 0.2) is 0 Å². The van der Waals surface area contributed by atoms with E-state index in [4.69, 9.17) is 5.11 Å². The monoisotopic (exact) mass is 440 g/mol. The molecule has 32 heavy (non-hydrogen) atoms. The first-order chi connectivity index (χ1) is 15.4. The molecule has 7 heteroatoms. The number of carboxylic acid groups (broad SMARTS) is 1. The third-order valence-corrected chi connectivity index (χ3v) is 6.33. The van der Waals surface area contributed by atoms with E-state index >= 15 is 0 Å². The molecule has 0 saturated heterocycles. The van der Waals surface area contributed by atoms with Gasteiger partial charge in [0, 0.05) is 38.9 Å². The fourth-order valence-corrected chi connectivity index (χ4v) is 4.05. The van der Waals surface area contributed by atoms with E-state index in [0.717, 1.165) is 38.5 Å². The highest BCUT2D eigenvalue weighted by molar-refractivity contribution is 5.87. The summed E-state index contributed by atoms with van der Waals surface area (Å²) in [5.41, 5.74) is 0.809. The molecule has 2 atom stereocenters. The third-order valence-electron chi connectivity index (χ3n) is 6.33. The van der Waals surface area contributed by atoms with Crippen molar-refractivity contribution in [2.75, 3.05) is 33.2 Å². The Balaban J connectivity index is 1.32. The number of aromatic nitrogens is 1. The molecule has 174 valence electrons. The van der Waals surface area contributed by atoms with Crippen LogP contribution in [0.25, 0.3) is 0 Å². The minimum Gasteiger partial charge on any atom is -0.478 e. The van der Waals surface area contributed by atoms with Crippen LogP contribution in [0, 0.1) is 11.8 Å². The number of hydrogen-bond donors (Lipinski definition) is 2. The van der Waals surface area contributed by atoms with Gasteiger partial charge in [0.25, 0.3) is 0 Å². The molecule has 1 saturated carbocycles. The number of hydrogen-bond acceptors (Lipinski definition) is 5. The van der Waals surface area contributed by atoms with E-state index in [0.29, 0.717) is 24.1 Å². The minimum absolute atomic E-state index is 0.0337. The molecule has 0 aliphatic heterocycles. The molecule has 3 rings (SSSR count). The first-order valence-electron chi connectivity index (χ1n) is 11.7. The van der Waals surface area contributed by atoms with Crippen LogP contribution in [0.15, 0.2) is 42.6 Å². The molecule has 1 heterocycles. The normalized spacial score (nSPS) is 20.0. The summed E-state index contributed by atoms with van der Waals surface area (Å²) >= 11 is 0. The second kappa shape index (κ2) is 11.9. The molecule has 1 aromatic rings. The van der Waals surface area contributed by atoms with Crippen molar-refractivity contribution in [1.82, 2.24) is 20.1 Å². The average molecular weight is 441 g/mol. The zero-order valence-electron chi connectivity index (χ0n) is 19.2. The van der Waals surface area contributed by atoms with Crippen LogP contribution >= 0.6 is 0 Å². The maximum atomic E-state index is 12.4.